The molecule has 5 nitrogen and oxygen atoms in total. The summed E-state index contributed by atoms with van der Waals surface area (Å²) in [6, 6.07) is 11.0. The van der Waals surface area contributed by atoms with Crippen molar-refractivity contribution in [2.45, 2.75) is 0 Å². The average molecular weight is 284 g/mol. The van der Waals surface area contributed by atoms with Crippen molar-refractivity contribution >= 4 is 11.0 Å². The number of methoxy groups -OCH3 is 1. The first-order valence-corrected chi connectivity index (χ1v) is 6.24. The molecular formula is C16H12O5. The summed E-state index contributed by atoms with van der Waals surface area (Å²) in [5, 5.41) is 19.4. The monoisotopic (exact) mass is 284 g/mol. The van der Waals surface area contributed by atoms with Crippen LogP contribution in [0.2, 0.25) is 0 Å². The van der Waals surface area contributed by atoms with E-state index in [1.165, 1.54) is 25.3 Å². The van der Waals surface area contributed by atoms with E-state index in [-0.39, 0.29) is 28.4 Å². The third-order valence-electron chi connectivity index (χ3n) is 3.20. The average Bonchev–Trinajstić information content (AvgIpc) is 2.50. The summed E-state index contributed by atoms with van der Waals surface area (Å²) in [6.07, 6.45) is 0. The predicted molar refractivity (Wildman–Crippen MR) is 77.8 cm³/mol. The van der Waals surface area contributed by atoms with Crippen LogP contribution in [0.25, 0.3) is 22.3 Å². The van der Waals surface area contributed by atoms with Crippen LogP contribution in [0, 0.1) is 0 Å². The Bertz CT molecular complexity index is 879. The molecular weight excluding hydrogens is 272 g/mol. The Kier molecular flexibility index (Phi) is 3.02. The zero-order valence-corrected chi connectivity index (χ0v) is 11.2. The molecule has 21 heavy (non-hydrogen) atoms. The lowest BCUT2D eigenvalue weighted by Crippen LogP contribution is -2.07. The molecule has 0 saturated carbocycles. The summed E-state index contributed by atoms with van der Waals surface area (Å²) < 4.78 is 10.9. The van der Waals surface area contributed by atoms with E-state index >= 15 is 0 Å². The first-order chi connectivity index (χ1) is 10.1. The highest BCUT2D eigenvalue weighted by molar-refractivity contribution is 5.82. The summed E-state index contributed by atoms with van der Waals surface area (Å²) in [6.45, 7) is 0. The molecule has 0 amide bonds. The highest BCUT2D eigenvalue weighted by Crippen LogP contribution is 2.35. The molecule has 0 spiro atoms. The number of hydrogen-bond donors (Lipinski definition) is 2. The van der Waals surface area contributed by atoms with Gasteiger partial charge in [0.1, 0.15) is 5.58 Å². The molecule has 0 saturated heterocycles. The van der Waals surface area contributed by atoms with E-state index < -0.39 is 0 Å². The highest BCUT2D eigenvalue weighted by atomic mass is 16.5. The summed E-state index contributed by atoms with van der Waals surface area (Å²) in [4.78, 5) is 12.4. The molecule has 0 aliphatic carbocycles. The second-order valence-electron chi connectivity index (χ2n) is 4.49. The van der Waals surface area contributed by atoms with Crippen LogP contribution in [0.4, 0.5) is 0 Å². The van der Waals surface area contributed by atoms with Crippen molar-refractivity contribution in [2.75, 3.05) is 7.11 Å². The number of rotatable bonds is 2. The zero-order chi connectivity index (χ0) is 15.0. The van der Waals surface area contributed by atoms with Crippen molar-refractivity contribution < 1.29 is 19.4 Å². The van der Waals surface area contributed by atoms with Crippen LogP contribution in [0.3, 0.4) is 0 Å². The maximum atomic E-state index is 12.4. The summed E-state index contributed by atoms with van der Waals surface area (Å²) in [7, 11) is 1.38. The van der Waals surface area contributed by atoms with Gasteiger partial charge >= 0.3 is 0 Å². The van der Waals surface area contributed by atoms with Crippen molar-refractivity contribution in [3.05, 3.63) is 52.7 Å². The third-order valence-corrected chi connectivity index (χ3v) is 3.20. The molecule has 0 fully saturated rings. The second-order valence-corrected chi connectivity index (χ2v) is 4.49. The lowest BCUT2D eigenvalue weighted by atomic mass is 10.1. The van der Waals surface area contributed by atoms with Gasteiger partial charge in [-0.3, -0.25) is 4.79 Å². The minimum atomic E-state index is -0.301. The molecule has 0 aliphatic heterocycles. The molecule has 1 heterocycles. The number of para-hydroxylation sites is 1. The van der Waals surface area contributed by atoms with Gasteiger partial charge in [0.2, 0.25) is 11.2 Å². The Morgan fingerprint density at radius 1 is 1.05 bits per heavy atom. The van der Waals surface area contributed by atoms with Gasteiger partial charge in [-0.05, 0) is 30.3 Å². The molecule has 1 aromatic heterocycles. The van der Waals surface area contributed by atoms with Crippen LogP contribution in [0.5, 0.6) is 17.2 Å². The van der Waals surface area contributed by atoms with Crippen molar-refractivity contribution in [3.8, 4) is 28.6 Å². The van der Waals surface area contributed by atoms with Gasteiger partial charge in [-0.1, -0.05) is 12.1 Å². The highest BCUT2D eigenvalue weighted by Gasteiger charge is 2.17. The Labute approximate surface area is 119 Å². The molecule has 0 bridgehead atoms. The first-order valence-electron chi connectivity index (χ1n) is 6.24. The normalized spacial score (nSPS) is 10.7. The maximum Gasteiger partial charge on any atom is 0.235 e. The maximum absolute atomic E-state index is 12.4. The van der Waals surface area contributed by atoms with Crippen LogP contribution in [-0.2, 0) is 0 Å². The SMILES string of the molecule is COc1c(-c2ccc(O)c(O)c2)oc2ccccc2c1=O. The Hall–Kier alpha value is -2.95. The predicted octanol–water partition coefficient (Wildman–Crippen LogP) is 2.88. The molecule has 3 rings (SSSR count). The van der Waals surface area contributed by atoms with Gasteiger partial charge in [-0.2, -0.15) is 0 Å². The Morgan fingerprint density at radius 3 is 2.52 bits per heavy atom. The largest absolute Gasteiger partial charge is 0.504 e. The number of benzene rings is 2. The van der Waals surface area contributed by atoms with E-state index in [0.717, 1.165) is 0 Å². The van der Waals surface area contributed by atoms with Crippen molar-refractivity contribution in [3.63, 3.8) is 0 Å². The molecule has 0 atom stereocenters. The summed E-state index contributed by atoms with van der Waals surface area (Å²) in [5.41, 5.74) is 0.567. The molecule has 2 aromatic carbocycles. The van der Waals surface area contributed by atoms with Gasteiger partial charge in [-0.25, -0.2) is 0 Å². The van der Waals surface area contributed by atoms with Crippen LogP contribution < -0.4 is 10.2 Å². The number of ether oxygens (including phenoxy) is 1. The quantitative estimate of drug-likeness (QED) is 0.707. The van der Waals surface area contributed by atoms with E-state index in [1.807, 2.05) is 0 Å². The van der Waals surface area contributed by atoms with Gasteiger partial charge in [-0.15, -0.1) is 0 Å². The van der Waals surface area contributed by atoms with E-state index in [1.54, 1.807) is 24.3 Å². The molecule has 0 aliphatic rings. The lowest BCUT2D eigenvalue weighted by molar-refractivity contribution is 0.397. The number of hydrogen-bond acceptors (Lipinski definition) is 5. The summed E-state index contributed by atoms with van der Waals surface area (Å²) in [5.74, 6) is -0.290. The van der Waals surface area contributed by atoms with Gasteiger partial charge in [0.25, 0.3) is 0 Å². The minimum Gasteiger partial charge on any atom is -0.504 e. The van der Waals surface area contributed by atoms with E-state index in [4.69, 9.17) is 9.15 Å². The number of phenolic OH excluding ortho intramolecular Hbond substituents is 2. The molecule has 0 unspecified atom stereocenters. The van der Waals surface area contributed by atoms with E-state index in [0.29, 0.717) is 16.5 Å². The molecule has 0 radical (unpaired) electrons. The second kappa shape index (κ2) is 4.86. The minimum absolute atomic E-state index is 0.0544. The fourth-order valence-electron chi connectivity index (χ4n) is 2.17. The van der Waals surface area contributed by atoms with Crippen molar-refractivity contribution in [1.82, 2.24) is 0 Å². The first kappa shape index (κ1) is 13.1. The number of fused-ring (bicyclic) bond motifs is 1. The fourth-order valence-corrected chi connectivity index (χ4v) is 2.17. The van der Waals surface area contributed by atoms with Crippen molar-refractivity contribution in [2.24, 2.45) is 0 Å². The number of phenols is 2. The molecule has 3 aromatic rings. The van der Waals surface area contributed by atoms with E-state index in [9.17, 15) is 15.0 Å². The smallest absolute Gasteiger partial charge is 0.235 e. The van der Waals surface area contributed by atoms with Crippen LogP contribution in [0.15, 0.2) is 51.7 Å². The van der Waals surface area contributed by atoms with Crippen molar-refractivity contribution in [1.29, 1.82) is 0 Å². The third kappa shape index (κ3) is 2.08. The van der Waals surface area contributed by atoms with Gasteiger partial charge in [0, 0.05) is 5.56 Å². The van der Waals surface area contributed by atoms with Gasteiger partial charge in [0.05, 0.1) is 12.5 Å². The molecule has 5 heteroatoms. The van der Waals surface area contributed by atoms with Gasteiger partial charge < -0.3 is 19.4 Å². The topological polar surface area (TPSA) is 79.9 Å². The Balaban J connectivity index is 2.35. The zero-order valence-electron chi connectivity index (χ0n) is 11.2. The molecule has 106 valence electrons. The summed E-state index contributed by atoms with van der Waals surface area (Å²) >= 11 is 0. The Morgan fingerprint density at radius 2 is 1.81 bits per heavy atom. The fraction of sp³-hybridized carbons (Fsp3) is 0.0625. The lowest BCUT2D eigenvalue weighted by Gasteiger charge is -2.09. The number of aromatic hydroxyl groups is 2. The molecule has 2 N–H and O–H groups in total. The van der Waals surface area contributed by atoms with Gasteiger partial charge in [0.15, 0.2) is 17.3 Å². The van der Waals surface area contributed by atoms with Crippen LogP contribution in [0.1, 0.15) is 0 Å². The van der Waals surface area contributed by atoms with Crippen LogP contribution in [-0.4, -0.2) is 17.3 Å². The van der Waals surface area contributed by atoms with E-state index in [2.05, 4.69) is 0 Å². The van der Waals surface area contributed by atoms with Crippen LogP contribution >= 0.6 is 0 Å². The standard InChI is InChI=1S/C16H12O5/c1-20-16-14(19)10-4-2-3-5-13(10)21-15(16)9-6-7-11(17)12(18)8-9/h2-8,17-18H,1H3.